The highest BCUT2D eigenvalue weighted by Gasteiger charge is 2.02. The lowest BCUT2D eigenvalue weighted by molar-refractivity contribution is 0.112. The maximum Gasteiger partial charge on any atom is 0.151 e. The lowest BCUT2D eigenvalue weighted by Gasteiger charge is -2.09. The number of benzene rings is 1. The zero-order chi connectivity index (χ0) is 14.4. The largest absolute Gasteiger partial charge is 0.492 e. The molecule has 1 aromatic heterocycles. The van der Waals surface area contributed by atoms with E-state index >= 15 is 0 Å². The molecule has 2 rings (SSSR count). The molecule has 0 spiro atoms. The third-order valence-corrected chi connectivity index (χ3v) is 2.76. The Labute approximate surface area is 120 Å². The lowest BCUT2D eigenvalue weighted by Crippen LogP contribution is -2.12. The van der Waals surface area contributed by atoms with Crippen molar-refractivity contribution in [3.8, 4) is 5.75 Å². The number of ether oxygens (including phenoxy) is 1. The monoisotopic (exact) mass is 294 g/mol. The van der Waals surface area contributed by atoms with Crippen LogP contribution in [-0.2, 0) is 0 Å². The fraction of sp³-hybridized carbons (Fsp3) is 0.143. The van der Waals surface area contributed by atoms with Gasteiger partial charge in [-0.05, 0) is 30.3 Å². The van der Waals surface area contributed by atoms with Crippen molar-refractivity contribution < 1.29 is 13.9 Å². The lowest BCUT2D eigenvalue weighted by atomic mass is 10.3. The van der Waals surface area contributed by atoms with Crippen LogP contribution in [0.3, 0.4) is 0 Å². The molecule has 0 fully saturated rings. The molecule has 0 radical (unpaired) electrons. The molecular weight excluding hydrogens is 283 g/mol. The van der Waals surface area contributed by atoms with Gasteiger partial charge in [0.1, 0.15) is 24.0 Å². The molecule has 0 aliphatic heterocycles. The summed E-state index contributed by atoms with van der Waals surface area (Å²) in [4.78, 5) is 14.6. The van der Waals surface area contributed by atoms with E-state index in [4.69, 9.17) is 16.3 Å². The van der Waals surface area contributed by atoms with E-state index in [0.29, 0.717) is 41.6 Å². The topological polar surface area (TPSA) is 51.2 Å². The van der Waals surface area contributed by atoms with E-state index in [1.165, 1.54) is 24.4 Å². The van der Waals surface area contributed by atoms with Gasteiger partial charge < -0.3 is 10.1 Å². The van der Waals surface area contributed by atoms with Gasteiger partial charge in [-0.25, -0.2) is 9.37 Å². The molecule has 0 amide bonds. The first-order valence-corrected chi connectivity index (χ1v) is 6.30. The molecule has 0 unspecified atom stereocenters. The van der Waals surface area contributed by atoms with Crippen LogP contribution < -0.4 is 10.1 Å². The first kappa shape index (κ1) is 14.3. The molecule has 0 atom stereocenters. The van der Waals surface area contributed by atoms with E-state index in [1.807, 2.05) is 0 Å². The Hall–Kier alpha value is -2.14. The van der Waals surface area contributed by atoms with Crippen molar-refractivity contribution in [2.45, 2.75) is 0 Å². The predicted octanol–water partition coefficient (Wildman–Crippen LogP) is 3.18. The molecule has 20 heavy (non-hydrogen) atoms. The molecular formula is C14H12ClFN2O2. The Morgan fingerprint density at radius 3 is 2.75 bits per heavy atom. The first-order chi connectivity index (χ1) is 9.69. The van der Waals surface area contributed by atoms with Crippen LogP contribution in [0.4, 0.5) is 10.2 Å². The second-order valence-electron chi connectivity index (χ2n) is 3.95. The van der Waals surface area contributed by atoms with Crippen LogP contribution >= 0.6 is 11.6 Å². The van der Waals surface area contributed by atoms with Crippen molar-refractivity contribution in [3.05, 3.63) is 52.9 Å². The molecule has 0 saturated carbocycles. The number of pyridine rings is 1. The third kappa shape index (κ3) is 3.93. The summed E-state index contributed by atoms with van der Waals surface area (Å²) in [6, 6.07) is 7.31. The fourth-order valence-corrected chi connectivity index (χ4v) is 1.76. The Morgan fingerprint density at radius 2 is 2.10 bits per heavy atom. The van der Waals surface area contributed by atoms with E-state index in [-0.39, 0.29) is 5.82 Å². The number of carbonyl (C=O) groups is 1. The molecule has 1 heterocycles. The molecule has 6 heteroatoms. The minimum absolute atomic E-state index is 0.304. The van der Waals surface area contributed by atoms with Gasteiger partial charge in [-0.1, -0.05) is 11.6 Å². The average Bonchev–Trinajstić information content (AvgIpc) is 2.46. The van der Waals surface area contributed by atoms with Crippen molar-refractivity contribution in [1.82, 2.24) is 4.98 Å². The summed E-state index contributed by atoms with van der Waals surface area (Å²) >= 11 is 5.96. The number of hydrogen-bond donors (Lipinski definition) is 1. The van der Waals surface area contributed by atoms with Crippen molar-refractivity contribution in [3.63, 3.8) is 0 Å². The molecule has 104 valence electrons. The van der Waals surface area contributed by atoms with Gasteiger partial charge in [-0.2, -0.15) is 0 Å². The molecule has 4 nitrogen and oxygen atoms in total. The van der Waals surface area contributed by atoms with E-state index in [2.05, 4.69) is 10.3 Å². The van der Waals surface area contributed by atoms with Crippen molar-refractivity contribution in [2.75, 3.05) is 18.5 Å². The van der Waals surface area contributed by atoms with Crippen molar-refractivity contribution in [2.24, 2.45) is 0 Å². The van der Waals surface area contributed by atoms with Gasteiger partial charge in [0.25, 0.3) is 0 Å². The minimum Gasteiger partial charge on any atom is -0.492 e. The summed E-state index contributed by atoms with van der Waals surface area (Å²) < 4.78 is 18.1. The number of nitrogens with one attached hydrogen (secondary N) is 1. The summed E-state index contributed by atoms with van der Waals surface area (Å²) in [6.45, 7) is 0.851. The minimum atomic E-state index is -0.304. The number of aromatic nitrogens is 1. The van der Waals surface area contributed by atoms with Gasteiger partial charge >= 0.3 is 0 Å². The highest BCUT2D eigenvalue weighted by molar-refractivity contribution is 6.33. The Kier molecular flexibility index (Phi) is 4.90. The third-order valence-electron chi connectivity index (χ3n) is 2.48. The van der Waals surface area contributed by atoms with Crippen LogP contribution in [0, 0.1) is 5.82 Å². The number of anilines is 1. The van der Waals surface area contributed by atoms with Gasteiger partial charge in [0.15, 0.2) is 6.29 Å². The molecule has 0 aliphatic carbocycles. The summed E-state index contributed by atoms with van der Waals surface area (Å²) in [5, 5.41) is 3.36. The molecule has 0 saturated heterocycles. The molecule has 2 aromatic rings. The van der Waals surface area contributed by atoms with Crippen LogP contribution in [0.15, 0.2) is 36.5 Å². The molecule has 1 aromatic carbocycles. The van der Waals surface area contributed by atoms with Gasteiger partial charge in [0, 0.05) is 11.8 Å². The second kappa shape index (κ2) is 6.86. The average molecular weight is 295 g/mol. The normalized spacial score (nSPS) is 10.1. The SMILES string of the molecule is O=Cc1cnc(NCCOc2ccc(F)cc2)c(Cl)c1. The number of halogens is 2. The van der Waals surface area contributed by atoms with E-state index in [0.717, 1.165) is 0 Å². The predicted molar refractivity (Wildman–Crippen MR) is 75.0 cm³/mol. The number of rotatable bonds is 6. The molecule has 1 N–H and O–H groups in total. The summed E-state index contributed by atoms with van der Waals surface area (Å²) in [7, 11) is 0. The number of carbonyl (C=O) groups excluding carboxylic acids is 1. The standard InChI is InChI=1S/C14H12ClFN2O2/c15-13-7-10(9-19)8-18-14(13)17-5-6-20-12-3-1-11(16)2-4-12/h1-4,7-9H,5-6H2,(H,17,18). The van der Waals surface area contributed by atoms with Crippen LogP contribution in [0.5, 0.6) is 5.75 Å². The van der Waals surface area contributed by atoms with E-state index in [9.17, 15) is 9.18 Å². The van der Waals surface area contributed by atoms with Crippen LogP contribution in [0.1, 0.15) is 10.4 Å². The van der Waals surface area contributed by atoms with Gasteiger partial charge in [0.2, 0.25) is 0 Å². The van der Waals surface area contributed by atoms with E-state index < -0.39 is 0 Å². The molecule has 0 aliphatic rings. The van der Waals surface area contributed by atoms with Gasteiger partial charge in [-0.3, -0.25) is 4.79 Å². The van der Waals surface area contributed by atoms with Crippen LogP contribution in [0.25, 0.3) is 0 Å². The Bertz CT molecular complexity index is 590. The summed E-state index contributed by atoms with van der Waals surface area (Å²) in [5.41, 5.74) is 0.420. The maximum atomic E-state index is 12.7. The van der Waals surface area contributed by atoms with Crippen LogP contribution in [-0.4, -0.2) is 24.4 Å². The number of nitrogens with zero attached hydrogens (tertiary/aromatic N) is 1. The van der Waals surface area contributed by atoms with Gasteiger partial charge in [-0.15, -0.1) is 0 Å². The Balaban J connectivity index is 1.81. The first-order valence-electron chi connectivity index (χ1n) is 5.92. The second-order valence-corrected chi connectivity index (χ2v) is 4.35. The highest BCUT2D eigenvalue weighted by Crippen LogP contribution is 2.19. The molecule has 0 bridgehead atoms. The number of aldehydes is 1. The Morgan fingerprint density at radius 1 is 1.35 bits per heavy atom. The van der Waals surface area contributed by atoms with Crippen LogP contribution in [0.2, 0.25) is 5.02 Å². The zero-order valence-electron chi connectivity index (χ0n) is 10.5. The zero-order valence-corrected chi connectivity index (χ0v) is 11.2. The van der Waals surface area contributed by atoms with Crippen molar-refractivity contribution >= 4 is 23.7 Å². The van der Waals surface area contributed by atoms with Crippen molar-refractivity contribution in [1.29, 1.82) is 0 Å². The smallest absolute Gasteiger partial charge is 0.151 e. The number of hydrogen-bond acceptors (Lipinski definition) is 4. The summed E-state index contributed by atoms with van der Waals surface area (Å²) in [6.07, 6.45) is 2.11. The maximum absolute atomic E-state index is 12.7. The van der Waals surface area contributed by atoms with E-state index in [1.54, 1.807) is 12.1 Å². The van der Waals surface area contributed by atoms with Gasteiger partial charge in [0.05, 0.1) is 11.6 Å². The highest BCUT2D eigenvalue weighted by atomic mass is 35.5. The fourth-order valence-electron chi connectivity index (χ4n) is 1.52. The quantitative estimate of drug-likeness (QED) is 0.657. The summed E-state index contributed by atoms with van der Waals surface area (Å²) in [5.74, 6) is 0.769.